The van der Waals surface area contributed by atoms with Crippen LogP contribution in [-0.4, -0.2) is 17.2 Å². The molecule has 0 bridgehead atoms. The molecule has 5 heteroatoms. The van der Waals surface area contributed by atoms with Gasteiger partial charge < -0.3 is 14.6 Å². The van der Waals surface area contributed by atoms with Crippen LogP contribution in [0.1, 0.15) is 26.2 Å². The standard InChI is InChI=1S/C20H16FNO3/c1-11-7-12-3-4-18(20(21)13(12)8-11)25-17-5-6-22-15-10-16(23)19(24-2)9-14(15)17/h3-6,8-10,23H,7H2,1-2H3/i1D3,3D,4D,8D. The van der Waals surface area contributed by atoms with E-state index in [1.807, 2.05) is 0 Å². The molecule has 0 saturated carbocycles. The van der Waals surface area contributed by atoms with E-state index in [1.165, 1.54) is 31.5 Å². The Bertz CT molecular complexity index is 1270. The number of rotatable bonds is 3. The topological polar surface area (TPSA) is 51.6 Å². The third kappa shape index (κ3) is 2.58. The first-order valence-corrected chi connectivity index (χ1v) is 7.40. The van der Waals surface area contributed by atoms with Gasteiger partial charge in [-0.25, -0.2) is 4.39 Å². The SMILES string of the molecule is [2H]C1=C(C([2H])([2H])[2H])Cc2c([2H])c([2H])c(Oc3ccnc4cc(O)c(OC)cc34)c(F)c21. The Balaban J connectivity index is 1.90. The van der Waals surface area contributed by atoms with E-state index in [9.17, 15) is 5.11 Å². The van der Waals surface area contributed by atoms with Crippen molar-refractivity contribution in [3.05, 3.63) is 59.0 Å². The second-order valence-corrected chi connectivity index (χ2v) is 5.48. The summed E-state index contributed by atoms with van der Waals surface area (Å²) in [6.07, 6.45) is 1.07. The first-order chi connectivity index (χ1) is 14.5. The average molecular weight is 343 g/mol. The second kappa shape index (κ2) is 5.77. The highest BCUT2D eigenvalue weighted by Gasteiger charge is 2.19. The largest absolute Gasteiger partial charge is 0.504 e. The molecule has 0 fully saturated rings. The lowest BCUT2D eigenvalue weighted by molar-refractivity contribution is 0.374. The Kier molecular flexibility index (Phi) is 2.32. The number of aromatic hydroxyl groups is 1. The molecular formula is C20H16FNO3. The molecule has 0 atom stereocenters. The number of phenols is 1. The van der Waals surface area contributed by atoms with Gasteiger partial charge in [0.15, 0.2) is 23.1 Å². The minimum absolute atomic E-state index is 0.0165. The van der Waals surface area contributed by atoms with Crippen LogP contribution in [0.5, 0.6) is 23.0 Å². The quantitative estimate of drug-likeness (QED) is 0.739. The van der Waals surface area contributed by atoms with Gasteiger partial charge in [-0.05, 0) is 37.0 Å². The van der Waals surface area contributed by atoms with E-state index in [-0.39, 0.29) is 40.4 Å². The van der Waals surface area contributed by atoms with Gasteiger partial charge in [-0.15, -0.1) is 0 Å². The molecule has 0 unspecified atom stereocenters. The molecule has 2 aromatic carbocycles. The van der Waals surface area contributed by atoms with Crippen LogP contribution in [0.25, 0.3) is 17.0 Å². The first kappa shape index (κ1) is 10.0. The molecule has 126 valence electrons. The third-order valence-electron chi connectivity index (χ3n) is 3.89. The fraction of sp³-hybridized carbons (Fsp3) is 0.150. The number of aromatic nitrogens is 1. The normalized spacial score (nSPS) is 17.2. The van der Waals surface area contributed by atoms with E-state index in [0.29, 0.717) is 10.9 Å². The summed E-state index contributed by atoms with van der Waals surface area (Å²) in [5.74, 6) is -1.61. The first-order valence-electron chi connectivity index (χ1n) is 10.4. The van der Waals surface area contributed by atoms with Gasteiger partial charge in [-0.1, -0.05) is 17.7 Å². The van der Waals surface area contributed by atoms with Crippen LogP contribution in [0.3, 0.4) is 0 Å². The minimum Gasteiger partial charge on any atom is -0.504 e. The zero-order valence-electron chi connectivity index (χ0n) is 19.1. The van der Waals surface area contributed by atoms with Crippen LogP contribution in [0.4, 0.5) is 4.39 Å². The molecule has 0 saturated heterocycles. The second-order valence-electron chi connectivity index (χ2n) is 5.48. The summed E-state index contributed by atoms with van der Waals surface area (Å²) in [4.78, 5) is 4.12. The summed E-state index contributed by atoms with van der Waals surface area (Å²) >= 11 is 0. The molecular weight excluding hydrogens is 321 g/mol. The van der Waals surface area contributed by atoms with E-state index >= 15 is 4.39 Å². The van der Waals surface area contributed by atoms with Crippen LogP contribution in [-0.2, 0) is 6.42 Å². The molecule has 1 heterocycles. The molecule has 1 aliphatic rings. The van der Waals surface area contributed by atoms with Gasteiger partial charge in [0.1, 0.15) is 5.75 Å². The van der Waals surface area contributed by atoms with Crippen molar-refractivity contribution in [1.82, 2.24) is 4.98 Å². The number of nitrogens with zero attached hydrogens (tertiary/aromatic N) is 1. The number of pyridine rings is 1. The maximum absolute atomic E-state index is 15.4. The summed E-state index contributed by atoms with van der Waals surface area (Å²) in [6.45, 7) is -2.61. The Labute approximate surface area is 152 Å². The van der Waals surface area contributed by atoms with Crippen molar-refractivity contribution in [3.63, 3.8) is 0 Å². The lowest BCUT2D eigenvalue weighted by Gasteiger charge is -2.12. The van der Waals surface area contributed by atoms with Crippen molar-refractivity contribution in [2.75, 3.05) is 7.11 Å². The van der Waals surface area contributed by atoms with Crippen molar-refractivity contribution in [3.8, 4) is 23.0 Å². The summed E-state index contributed by atoms with van der Waals surface area (Å²) < 4.78 is 73.4. The highest BCUT2D eigenvalue weighted by molar-refractivity contribution is 5.88. The molecule has 4 rings (SSSR count). The van der Waals surface area contributed by atoms with Gasteiger partial charge >= 0.3 is 0 Å². The zero-order chi connectivity index (χ0) is 22.7. The van der Waals surface area contributed by atoms with Crippen molar-refractivity contribution < 1.29 is 27.2 Å². The predicted octanol–water partition coefficient (Wildman–Crippen LogP) is 4.84. The molecule has 0 amide bonds. The number of ether oxygens (including phenoxy) is 2. The fourth-order valence-corrected chi connectivity index (χ4v) is 2.70. The summed E-state index contributed by atoms with van der Waals surface area (Å²) in [5.41, 5.74) is -0.311. The third-order valence-corrected chi connectivity index (χ3v) is 3.89. The Hall–Kier alpha value is -3.08. The Morgan fingerprint density at radius 1 is 1.28 bits per heavy atom. The molecule has 3 aromatic rings. The number of hydrogen-bond acceptors (Lipinski definition) is 4. The number of methoxy groups -OCH3 is 1. The van der Waals surface area contributed by atoms with E-state index in [4.69, 9.17) is 17.7 Å². The number of hydrogen-bond donors (Lipinski definition) is 1. The molecule has 0 aliphatic heterocycles. The fourth-order valence-electron chi connectivity index (χ4n) is 2.70. The van der Waals surface area contributed by atoms with E-state index in [0.717, 1.165) is 0 Å². The van der Waals surface area contributed by atoms with Gasteiger partial charge in [0.05, 0.1) is 16.7 Å². The van der Waals surface area contributed by atoms with Crippen LogP contribution in [0.2, 0.25) is 0 Å². The number of allylic oxidation sites excluding steroid dienone is 1. The van der Waals surface area contributed by atoms with Crippen molar-refractivity contribution in [1.29, 1.82) is 0 Å². The monoisotopic (exact) mass is 343 g/mol. The van der Waals surface area contributed by atoms with Gasteiger partial charge in [0.2, 0.25) is 0 Å². The summed E-state index contributed by atoms with van der Waals surface area (Å²) in [5, 5.41) is 10.3. The van der Waals surface area contributed by atoms with Crippen LogP contribution in [0.15, 0.2) is 42.1 Å². The molecule has 25 heavy (non-hydrogen) atoms. The zero-order valence-corrected chi connectivity index (χ0v) is 13.1. The predicted molar refractivity (Wildman–Crippen MR) is 93.8 cm³/mol. The van der Waals surface area contributed by atoms with Crippen LogP contribution in [0, 0.1) is 5.82 Å². The highest BCUT2D eigenvalue weighted by Crippen LogP contribution is 2.38. The lowest BCUT2D eigenvalue weighted by Crippen LogP contribution is -1.95. The molecule has 1 aliphatic carbocycles. The van der Waals surface area contributed by atoms with E-state index < -0.39 is 36.6 Å². The lowest BCUT2D eigenvalue weighted by atomic mass is 10.1. The van der Waals surface area contributed by atoms with Gasteiger partial charge in [0, 0.05) is 27.3 Å². The molecule has 4 nitrogen and oxygen atoms in total. The number of fused-ring (bicyclic) bond motifs is 2. The summed E-state index contributed by atoms with van der Waals surface area (Å²) in [7, 11) is 1.36. The number of benzene rings is 2. The van der Waals surface area contributed by atoms with Crippen molar-refractivity contribution >= 4 is 17.0 Å². The average Bonchev–Trinajstić information content (AvgIpc) is 3.07. The summed E-state index contributed by atoms with van der Waals surface area (Å²) in [6, 6.07) is 2.71. The van der Waals surface area contributed by atoms with E-state index in [1.54, 1.807) is 0 Å². The van der Waals surface area contributed by atoms with Gasteiger partial charge in [-0.2, -0.15) is 0 Å². The van der Waals surface area contributed by atoms with Gasteiger partial charge in [0.25, 0.3) is 0 Å². The minimum atomic E-state index is -2.61. The van der Waals surface area contributed by atoms with Crippen molar-refractivity contribution in [2.45, 2.75) is 13.3 Å². The van der Waals surface area contributed by atoms with Gasteiger partial charge in [-0.3, -0.25) is 4.98 Å². The Morgan fingerprint density at radius 3 is 2.96 bits per heavy atom. The molecule has 1 N–H and O–H groups in total. The molecule has 1 aromatic heterocycles. The number of halogens is 1. The van der Waals surface area contributed by atoms with Crippen LogP contribution < -0.4 is 9.47 Å². The Morgan fingerprint density at radius 2 is 2.16 bits per heavy atom. The maximum Gasteiger partial charge on any atom is 0.173 e. The molecule has 0 radical (unpaired) electrons. The van der Waals surface area contributed by atoms with Crippen LogP contribution >= 0.6 is 0 Å². The molecule has 0 spiro atoms. The highest BCUT2D eigenvalue weighted by atomic mass is 19.1. The smallest absolute Gasteiger partial charge is 0.173 e. The van der Waals surface area contributed by atoms with E-state index in [2.05, 4.69) is 4.98 Å². The number of phenolic OH excluding ortho intramolecular Hbond substituents is 1. The van der Waals surface area contributed by atoms with Crippen molar-refractivity contribution in [2.24, 2.45) is 0 Å². The maximum atomic E-state index is 15.4.